The van der Waals surface area contributed by atoms with Crippen LogP contribution in [0, 0.1) is 0 Å². The highest BCUT2D eigenvalue weighted by atomic mass is 35.5. The second-order valence-corrected chi connectivity index (χ2v) is 4.65. The minimum Gasteiger partial charge on any atom is -0.388 e. The molecular weight excluding hydrogens is 232 g/mol. The van der Waals surface area contributed by atoms with Gasteiger partial charge in [0.25, 0.3) is 0 Å². The highest BCUT2D eigenvalue weighted by Gasteiger charge is 2.10. The summed E-state index contributed by atoms with van der Waals surface area (Å²) >= 11 is 5.64. The molecule has 17 heavy (non-hydrogen) atoms. The van der Waals surface area contributed by atoms with Crippen molar-refractivity contribution in [2.75, 3.05) is 5.88 Å². The zero-order chi connectivity index (χ0) is 12.1. The third-order valence-corrected chi connectivity index (χ3v) is 3.31. The van der Waals surface area contributed by atoms with Crippen LogP contribution in [0.4, 0.5) is 0 Å². The predicted octanol–water partition coefficient (Wildman–Crippen LogP) is 4.28. The number of benzene rings is 2. The monoisotopic (exact) mass is 248 g/mol. The zero-order valence-electron chi connectivity index (χ0n) is 9.77. The summed E-state index contributed by atoms with van der Waals surface area (Å²) in [4.78, 5) is 0. The van der Waals surface area contributed by atoms with Crippen molar-refractivity contribution in [3.63, 3.8) is 0 Å². The maximum atomic E-state index is 10.2. The van der Waals surface area contributed by atoms with Crippen molar-refractivity contribution in [3.8, 4) is 0 Å². The highest BCUT2D eigenvalue weighted by molar-refractivity contribution is 6.17. The summed E-state index contributed by atoms with van der Waals surface area (Å²) in [5.41, 5.74) is 1.03. The molecular formula is C15H17ClO. The highest BCUT2D eigenvalue weighted by Crippen LogP contribution is 2.27. The maximum absolute atomic E-state index is 10.2. The fraction of sp³-hybridized carbons (Fsp3) is 0.333. The van der Waals surface area contributed by atoms with Gasteiger partial charge in [0.05, 0.1) is 6.10 Å². The lowest BCUT2D eigenvalue weighted by atomic mass is 9.97. The Kier molecular flexibility index (Phi) is 4.41. The van der Waals surface area contributed by atoms with Gasteiger partial charge in [-0.2, -0.15) is 0 Å². The van der Waals surface area contributed by atoms with Crippen LogP contribution in [0.15, 0.2) is 42.5 Å². The lowest BCUT2D eigenvalue weighted by Gasteiger charge is -2.13. The third kappa shape index (κ3) is 2.99. The van der Waals surface area contributed by atoms with E-state index in [2.05, 4.69) is 18.2 Å². The van der Waals surface area contributed by atoms with Gasteiger partial charge in [0, 0.05) is 5.88 Å². The molecule has 0 amide bonds. The van der Waals surface area contributed by atoms with E-state index in [0.29, 0.717) is 5.88 Å². The molecule has 0 aliphatic carbocycles. The van der Waals surface area contributed by atoms with Gasteiger partial charge in [0.1, 0.15) is 0 Å². The van der Waals surface area contributed by atoms with Gasteiger partial charge in [-0.3, -0.25) is 0 Å². The molecule has 0 spiro atoms. The number of alkyl halides is 1. The molecule has 1 atom stereocenters. The van der Waals surface area contributed by atoms with E-state index in [1.54, 1.807) is 0 Å². The molecule has 1 N–H and O–H groups in total. The molecule has 90 valence electrons. The zero-order valence-corrected chi connectivity index (χ0v) is 10.5. The SMILES string of the molecule is OC(CCCCCl)c1cccc2ccccc12. The maximum Gasteiger partial charge on any atom is 0.0796 e. The van der Waals surface area contributed by atoms with Crippen LogP contribution in [0.1, 0.15) is 30.9 Å². The van der Waals surface area contributed by atoms with Gasteiger partial charge >= 0.3 is 0 Å². The summed E-state index contributed by atoms with van der Waals surface area (Å²) in [6.07, 6.45) is 2.32. The first-order chi connectivity index (χ1) is 8.33. The Labute approximate surface area is 107 Å². The van der Waals surface area contributed by atoms with Crippen molar-refractivity contribution in [1.29, 1.82) is 0 Å². The molecule has 1 unspecified atom stereocenters. The quantitative estimate of drug-likeness (QED) is 0.619. The lowest BCUT2D eigenvalue weighted by Crippen LogP contribution is -1.98. The van der Waals surface area contributed by atoms with E-state index >= 15 is 0 Å². The summed E-state index contributed by atoms with van der Waals surface area (Å²) in [6, 6.07) is 14.3. The number of aliphatic hydroxyl groups excluding tert-OH is 1. The van der Waals surface area contributed by atoms with Crippen molar-refractivity contribution < 1.29 is 5.11 Å². The van der Waals surface area contributed by atoms with Gasteiger partial charge in [0.15, 0.2) is 0 Å². The number of aliphatic hydroxyl groups is 1. The Hall–Kier alpha value is -1.05. The summed E-state index contributed by atoms with van der Waals surface area (Å²) in [7, 11) is 0. The smallest absolute Gasteiger partial charge is 0.0796 e. The molecule has 0 bridgehead atoms. The van der Waals surface area contributed by atoms with Gasteiger partial charge in [-0.25, -0.2) is 0 Å². The molecule has 2 heteroatoms. The number of fused-ring (bicyclic) bond motifs is 1. The molecule has 2 aromatic rings. The Morgan fingerprint density at radius 3 is 2.59 bits per heavy atom. The lowest BCUT2D eigenvalue weighted by molar-refractivity contribution is 0.166. The van der Waals surface area contributed by atoms with Crippen LogP contribution in [-0.2, 0) is 0 Å². The minimum atomic E-state index is -0.385. The van der Waals surface area contributed by atoms with Crippen LogP contribution in [0.5, 0.6) is 0 Å². The average Bonchev–Trinajstić information content (AvgIpc) is 2.38. The molecule has 2 rings (SSSR count). The van der Waals surface area contributed by atoms with Crippen LogP contribution in [0.2, 0.25) is 0 Å². The van der Waals surface area contributed by atoms with Gasteiger partial charge in [-0.05, 0) is 35.6 Å². The number of hydrogen-bond acceptors (Lipinski definition) is 1. The molecule has 0 fully saturated rings. The van der Waals surface area contributed by atoms with Crippen LogP contribution in [0.25, 0.3) is 10.8 Å². The molecule has 0 aliphatic rings. The Bertz CT molecular complexity index is 476. The largest absolute Gasteiger partial charge is 0.388 e. The molecule has 0 heterocycles. The van der Waals surface area contributed by atoms with E-state index in [4.69, 9.17) is 11.6 Å². The predicted molar refractivity (Wildman–Crippen MR) is 73.5 cm³/mol. The van der Waals surface area contributed by atoms with E-state index in [-0.39, 0.29) is 6.10 Å². The second-order valence-electron chi connectivity index (χ2n) is 4.27. The Morgan fingerprint density at radius 1 is 1.00 bits per heavy atom. The Morgan fingerprint density at radius 2 is 1.76 bits per heavy atom. The topological polar surface area (TPSA) is 20.2 Å². The van der Waals surface area contributed by atoms with Crippen molar-refractivity contribution >= 4 is 22.4 Å². The van der Waals surface area contributed by atoms with E-state index in [9.17, 15) is 5.11 Å². The summed E-state index contributed by atoms with van der Waals surface area (Å²) < 4.78 is 0. The molecule has 0 saturated heterocycles. The van der Waals surface area contributed by atoms with E-state index in [1.165, 1.54) is 5.39 Å². The molecule has 0 saturated carbocycles. The normalized spacial score (nSPS) is 12.8. The number of hydrogen-bond donors (Lipinski definition) is 1. The van der Waals surface area contributed by atoms with Crippen LogP contribution in [0.3, 0.4) is 0 Å². The van der Waals surface area contributed by atoms with E-state index in [1.807, 2.05) is 24.3 Å². The number of halogens is 1. The van der Waals surface area contributed by atoms with Gasteiger partial charge in [-0.1, -0.05) is 42.5 Å². The van der Waals surface area contributed by atoms with Crippen LogP contribution < -0.4 is 0 Å². The summed E-state index contributed by atoms with van der Waals surface area (Å²) in [5.74, 6) is 0.669. The fourth-order valence-electron chi connectivity index (χ4n) is 2.13. The first-order valence-corrected chi connectivity index (χ1v) is 6.58. The standard InChI is InChI=1S/C15H17ClO/c16-11-4-3-10-15(17)14-9-5-7-12-6-1-2-8-13(12)14/h1-2,5-9,15,17H,3-4,10-11H2. The van der Waals surface area contributed by atoms with Crippen molar-refractivity contribution in [2.45, 2.75) is 25.4 Å². The first-order valence-electron chi connectivity index (χ1n) is 6.04. The van der Waals surface area contributed by atoms with Gasteiger partial charge < -0.3 is 5.11 Å². The van der Waals surface area contributed by atoms with Crippen LogP contribution >= 0.6 is 11.6 Å². The molecule has 1 nitrogen and oxygen atoms in total. The fourth-order valence-corrected chi connectivity index (χ4v) is 2.32. The number of unbranched alkanes of at least 4 members (excludes halogenated alkanes) is 1. The van der Waals surface area contributed by atoms with Crippen molar-refractivity contribution in [2.24, 2.45) is 0 Å². The summed E-state index contributed by atoms with van der Waals surface area (Å²) in [6.45, 7) is 0. The van der Waals surface area contributed by atoms with Crippen molar-refractivity contribution in [3.05, 3.63) is 48.0 Å². The van der Waals surface area contributed by atoms with Crippen molar-refractivity contribution in [1.82, 2.24) is 0 Å². The molecule has 0 radical (unpaired) electrons. The second kappa shape index (κ2) is 6.04. The summed E-state index contributed by atoms with van der Waals surface area (Å²) in [5, 5.41) is 12.5. The third-order valence-electron chi connectivity index (χ3n) is 3.04. The van der Waals surface area contributed by atoms with Crippen LogP contribution in [-0.4, -0.2) is 11.0 Å². The van der Waals surface area contributed by atoms with E-state index in [0.717, 1.165) is 30.2 Å². The van der Waals surface area contributed by atoms with Gasteiger partial charge in [0.2, 0.25) is 0 Å². The Balaban J connectivity index is 2.22. The van der Waals surface area contributed by atoms with E-state index < -0.39 is 0 Å². The average molecular weight is 249 g/mol. The minimum absolute atomic E-state index is 0.385. The first kappa shape index (κ1) is 12.4. The number of rotatable bonds is 5. The molecule has 0 aromatic heterocycles. The van der Waals surface area contributed by atoms with Gasteiger partial charge in [-0.15, -0.1) is 11.6 Å². The molecule has 0 aliphatic heterocycles. The molecule has 2 aromatic carbocycles.